The molecule has 7 nitrogen and oxygen atoms in total. The van der Waals surface area contributed by atoms with Gasteiger partial charge in [0, 0.05) is 18.2 Å². The van der Waals surface area contributed by atoms with Crippen molar-refractivity contribution in [2.75, 3.05) is 0 Å². The first-order valence-electron chi connectivity index (χ1n) is 6.01. The highest BCUT2D eigenvalue weighted by Gasteiger charge is 2.22. The van der Waals surface area contributed by atoms with Crippen molar-refractivity contribution in [3.63, 3.8) is 0 Å². The monoisotopic (exact) mass is 279 g/mol. The lowest BCUT2D eigenvalue weighted by molar-refractivity contribution is -0.137. The van der Waals surface area contributed by atoms with Gasteiger partial charge in [0.25, 0.3) is 5.91 Å². The number of carbonyl (C=O) groups excluding carboxylic acids is 2. The molecule has 20 heavy (non-hydrogen) atoms. The quantitative estimate of drug-likeness (QED) is 0.702. The van der Waals surface area contributed by atoms with Gasteiger partial charge in [-0.05, 0) is 32.4 Å². The summed E-state index contributed by atoms with van der Waals surface area (Å²) >= 11 is 0. The van der Waals surface area contributed by atoms with Gasteiger partial charge < -0.3 is 16.2 Å². The third kappa shape index (κ3) is 4.68. The number of rotatable bonds is 6. The molecule has 2 amide bonds. The lowest BCUT2D eigenvalue weighted by Crippen LogP contribution is -2.44. The number of pyridine rings is 1. The van der Waals surface area contributed by atoms with Crippen LogP contribution in [0.3, 0.4) is 0 Å². The molecular formula is C13H17N3O4. The zero-order valence-corrected chi connectivity index (χ0v) is 11.3. The first-order valence-corrected chi connectivity index (χ1v) is 6.01. The van der Waals surface area contributed by atoms with Crippen molar-refractivity contribution >= 4 is 17.8 Å². The number of aromatic nitrogens is 1. The standard InChI is InChI=1S/C13H17N3O4/c1-13(2,6-5-10(17)18)16-12(20)9-4-3-8(7-15-9)11(14)19/h3-4,7H,5-6H2,1-2H3,(H2,14,19)(H,16,20)(H,17,18). The van der Waals surface area contributed by atoms with Crippen molar-refractivity contribution in [1.82, 2.24) is 10.3 Å². The molecule has 0 atom stereocenters. The zero-order valence-electron chi connectivity index (χ0n) is 11.3. The molecule has 0 aliphatic rings. The average molecular weight is 279 g/mol. The van der Waals surface area contributed by atoms with Gasteiger partial charge in [0.1, 0.15) is 5.69 Å². The predicted octanol–water partition coefficient (Wildman–Crippen LogP) is 0.554. The van der Waals surface area contributed by atoms with E-state index in [4.69, 9.17) is 10.8 Å². The predicted molar refractivity (Wildman–Crippen MR) is 71.2 cm³/mol. The van der Waals surface area contributed by atoms with Crippen LogP contribution in [-0.2, 0) is 4.79 Å². The van der Waals surface area contributed by atoms with E-state index in [-0.39, 0.29) is 17.7 Å². The van der Waals surface area contributed by atoms with Crippen molar-refractivity contribution in [1.29, 1.82) is 0 Å². The van der Waals surface area contributed by atoms with Crippen LogP contribution in [0.1, 0.15) is 47.5 Å². The summed E-state index contributed by atoms with van der Waals surface area (Å²) in [4.78, 5) is 37.2. The molecule has 0 unspecified atom stereocenters. The second-order valence-electron chi connectivity index (χ2n) is 5.03. The summed E-state index contributed by atoms with van der Waals surface area (Å²) in [7, 11) is 0. The number of carbonyl (C=O) groups is 3. The number of nitrogens with zero attached hydrogens (tertiary/aromatic N) is 1. The van der Waals surface area contributed by atoms with Gasteiger partial charge in [0.2, 0.25) is 5.91 Å². The molecule has 1 aromatic heterocycles. The SMILES string of the molecule is CC(C)(CCC(=O)O)NC(=O)c1ccc(C(N)=O)cn1. The van der Waals surface area contributed by atoms with Crippen LogP contribution in [0, 0.1) is 0 Å². The van der Waals surface area contributed by atoms with Gasteiger partial charge in [-0.25, -0.2) is 0 Å². The summed E-state index contributed by atoms with van der Waals surface area (Å²) in [6.45, 7) is 3.46. The Hall–Kier alpha value is -2.44. The maximum atomic E-state index is 11.9. The van der Waals surface area contributed by atoms with E-state index in [9.17, 15) is 14.4 Å². The summed E-state index contributed by atoms with van der Waals surface area (Å²) in [5.74, 6) is -1.97. The molecule has 0 aliphatic heterocycles. The number of nitrogens with two attached hydrogens (primary N) is 1. The van der Waals surface area contributed by atoms with Gasteiger partial charge >= 0.3 is 5.97 Å². The maximum absolute atomic E-state index is 11.9. The van der Waals surface area contributed by atoms with Crippen molar-refractivity contribution in [2.24, 2.45) is 5.73 Å². The summed E-state index contributed by atoms with van der Waals surface area (Å²) in [6.07, 6.45) is 1.48. The number of hydrogen-bond acceptors (Lipinski definition) is 4. The molecule has 0 aromatic carbocycles. The Morgan fingerprint density at radius 1 is 1.35 bits per heavy atom. The maximum Gasteiger partial charge on any atom is 0.303 e. The van der Waals surface area contributed by atoms with Crippen LogP contribution < -0.4 is 11.1 Å². The van der Waals surface area contributed by atoms with Crippen LogP contribution in [-0.4, -0.2) is 33.4 Å². The van der Waals surface area contributed by atoms with Crippen LogP contribution in [0.5, 0.6) is 0 Å². The molecule has 1 aromatic rings. The van der Waals surface area contributed by atoms with E-state index < -0.39 is 23.3 Å². The van der Waals surface area contributed by atoms with E-state index in [2.05, 4.69) is 10.3 Å². The molecule has 0 aliphatic carbocycles. The number of amides is 2. The Morgan fingerprint density at radius 3 is 2.45 bits per heavy atom. The van der Waals surface area contributed by atoms with Crippen molar-refractivity contribution in [2.45, 2.75) is 32.2 Å². The molecule has 0 bridgehead atoms. The lowest BCUT2D eigenvalue weighted by atomic mass is 9.98. The Balaban J connectivity index is 2.70. The molecule has 0 saturated heterocycles. The molecule has 0 radical (unpaired) electrons. The number of hydrogen-bond donors (Lipinski definition) is 3. The summed E-state index contributed by atoms with van der Waals surface area (Å²) < 4.78 is 0. The van der Waals surface area contributed by atoms with E-state index in [1.165, 1.54) is 18.3 Å². The van der Waals surface area contributed by atoms with Gasteiger partial charge in [0.05, 0.1) is 5.56 Å². The minimum Gasteiger partial charge on any atom is -0.481 e. The molecule has 1 rings (SSSR count). The fraction of sp³-hybridized carbons (Fsp3) is 0.385. The van der Waals surface area contributed by atoms with Crippen LogP contribution >= 0.6 is 0 Å². The number of primary amides is 1. The van der Waals surface area contributed by atoms with Crippen LogP contribution in [0.25, 0.3) is 0 Å². The molecule has 1 heterocycles. The minimum atomic E-state index is -0.920. The van der Waals surface area contributed by atoms with E-state index in [0.717, 1.165) is 0 Å². The minimum absolute atomic E-state index is 0.0404. The Bertz CT molecular complexity index is 523. The molecule has 0 spiro atoms. The highest BCUT2D eigenvalue weighted by Crippen LogP contribution is 2.12. The third-order valence-electron chi connectivity index (χ3n) is 2.70. The van der Waals surface area contributed by atoms with Crippen LogP contribution in [0.4, 0.5) is 0 Å². The second kappa shape index (κ2) is 6.14. The molecule has 7 heteroatoms. The Morgan fingerprint density at radius 2 is 2.00 bits per heavy atom. The Labute approximate surface area is 116 Å². The van der Waals surface area contributed by atoms with Gasteiger partial charge in [0.15, 0.2) is 0 Å². The van der Waals surface area contributed by atoms with Gasteiger partial charge in [-0.1, -0.05) is 0 Å². The molecule has 0 saturated carbocycles. The normalized spacial score (nSPS) is 10.9. The number of carboxylic acids is 1. The van der Waals surface area contributed by atoms with Crippen LogP contribution in [0.15, 0.2) is 18.3 Å². The first-order chi connectivity index (χ1) is 9.21. The second-order valence-corrected chi connectivity index (χ2v) is 5.03. The fourth-order valence-corrected chi connectivity index (χ4v) is 1.53. The smallest absolute Gasteiger partial charge is 0.303 e. The zero-order chi connectivity index (χ0) is 15.3. The molecule has 4 N–H and O–H groups in total. The van der Waals surface area contributed by atoms with Gasteiger partial charge in [-0.3, -0.25) is 19.4 Å². The van der Waals surface area contributed by atoms with Gasteiger partial charge in [-0.15, -0.1) is 0 Å². The molecule has 0 fully saturated rings. The van der Waals surface area contributed by atoms with E-state index in [1.54, 1.807) is 13.8 Å². The first kappa shape index (κ1) is 15.6. The van der Waals surface area contributed by atoms with Gasteiger partial charge in [-0.2, -0.15) is 0 Å². The van der Waals surface area contributed by atoms with Crippen LogP contribution in [0.2, 0.25) is 0 Å². The highest BCUT2D eigenvalue weighted by molar-refractivity contribution is 5.95. The van der Waals surface area contributed by atoms with Crippen molar-refractivity contribution in [3.05, 3.63) is 29.6 Å². The number of nitrogens with one attached hydrogen (secondary N) is 1. The Kier molecular flexibility index (Phi) is 4.79. The summed E-state index contributed by atoms with van der Waals surface area (Å²) in [5, 5.41) is 11.3. The number of carboxylic acid groups (broad SMARTS) is 1. The lowest BCUT2D eigenvalue weighted by Gasteiger charge is -2.25. The van der Waals surface area contributed by atoms with E-state index in [1.807, 2.05) is 0 Å². The highest BCUT2D eigenvalue weighted by atomic mass is 16.4. The summed E-state index contributed by atoms with van der Waals surface area (Å²) in [6, 6.07) is 2.80. The molecule has 108 valence electrons. The topological polar surface area (TPSA) is 122 Å². The largest absolute Gasteiger partial charge is 0.481 e. The van der Waals surface area contributed by atoms with Crippen molar-refractivity contribution in [3.8, 4) is 0 Å². The number of aliphatic carboxylic acids is 1. The fourth-order valence-electron chi connectivity index (χ4n) is 1.53. The van der Waals surface area contributed by atoms with E-state index >= 15 is 0 Å². The average Bonchev–Trinajstić information content (AvgIpc) is 2.36. The summed E-state index contributed by atoms with van der Waals surface area (Å²) in [5.41, 5.74) is 4.76. The molecular weight excluding hydrogens is 262 g/mol. The third-order valence-corrected chi connectivity index (χ3v) is 2.70. The van der Waals surface area contributed by atoms with E-state index in [0.29, 0.717) is 6.42 Å². The van der Waals surface area contributed by atoms with Crippen molar-refractivity contribution < 1.29 is 19.5 Å².